The number of halogens is 3. The lowest BCUT2D eigenvalue weighted by atomic mass is 9.70. The number of anilines is 1. The van der Waals surface area contributed by atoms with E-state index in [1.807, 2.05) is 0 Å². The summed E-state index contributed by atoms with van der Waals surface area (Å²) in [5.74, 6) is -2.11. The van der Waals surface area contributed by atoms with Crippen molar-refractivity contribution in [2.75, 3.05) is 12.3 Å². The Morgan fingerprint density at radius 1 is 1.12 bits per heavy atom. The first-order chi connectivity index (χ1) is 15.4. The van der Waals surface area contributed by atoms with Crippen molar-refractivity contribution in [2.24, 2.45) is 5.92 Å². The van der Waals surface area contributed by atoms with Crippen LogP contribution >= 0.6 is 0 Å². The second-order valence-electron chi connectivity index (χ2n) is 7.97. The number of hydrogen-bond donors (Lipinski definition) is 3. The van der Waals surface area contributed by atoms with E-state index in [-0.39, 0.29) is 34.7 Å². The van der Waals surface area contributed by atoms with Gasteiger partial charge < -0.3 is 16.0 Å². The highest BCUT2D eigenvalue weighted by atomic mass is 19.1. The van der Waals surface area contributed by atoms with Gasteiger partial charge in [-0.15, -0.1) is 0 Å². The Morgan fingerprint density at radius 2 is 1.88 bits per heavy atom. The highest BCUT2D eigenvalue weighted by Crippen LogP contribution is 2.48. The van der Waals surface area contributed by atoms with Crippen molar-refractivity contribution < 1.29 is 22.6 Å². The number of rotatable bonds is 5. The number of H-pyrrole nitrogens is 1. The average molecular weight is 441 g/mol. The van der Waals surface area contributed by atoms with Crippen LogP contribution in [0.1, 0.15) is 34.8 Å². The van der Waals surface area contributed by atoms with E-state index in [0.717, 1.165) is 11.6 Å². The number of benzene rings is 2. The molecule has 2 aromatic carbocycles. The van der Waals surface area contributed by atoms with E-state index >= 15 is 0 Å². The summed E-state index contributed by atoms with van der Waals surface area (Å²) in [5, 5.41) is 10.1. The molecule has 2 heterocycles. The molecule has 164 valence electrons. The minimum absolute atomic E-state index is 0.0192. The van der Waals surface area contributed by atoms with Crippen molar-refractivity contribution in [2.45, 2.75) is 18.8 Å². The molecule has 4 aromatic rings. The van der Waals surface area contributed by atoms with Crippen molar-refractivity contribution in [3.63, 3.8) is 0 Å². The molecular formula is C22H18F3N5O2. The Bertz CT molecular complexity index is 1310. The van der Waals surface area contributed by atoms with Crippen molar-refractivity contribution in [1.29, 1.82) is 0 Å². The van der Waals surface area contributed by atoms with Crippen LogP contribution in [-0.4, -0.2) is 27.7 Å². The van der Waals surface area contributed by atoms with Gasteiger partial charge in [-0.05, 0) is 76.4 Å². The van der Waals surface area contributed by atoms with Gasteiger partial charge in [0.05, 0.1) is 11.2 Å². The SMILES string of the molecule is Nc1nonc1C(=O)NCC1CC(c2c(-c3ccc(F)cc3)[nH]c3c(F)cc(F)cc23)C1. The third-order valence-corrected chi connectivity index (χ3v) is 5.92. The maximum absolute atomic E-state index is 14.5. The van der Waals surface area contributed by atoms with Gasteiger partial charge in [-0.1, -0.05) is 0 Å². The number of aromatic amines is 1. The first kappa shape index (κ1) is 20.1. The lowest BCUT2D eigenvalue weighted by Crippen LogP contribution is -2.35. The molecule has 1 fully saturated rings. The third kappa shape index (κ3) is 3.47. The molecule has 0 bridgehead atoms. The number of nitrogen functional groups attached to an aromatic ring is 1. The van der Waals surface area contributed by atoms with Gasteiger partial charge in [0.15, 0.2) is 0 Å². The van der Waals surface area contributed by atoms with E-state index in [0.29, 0.717) is 36.0 Å². The fraction of sp³-hybridized carbons (Fsp3) is 0.227. The molecule has 1 saturated carbocycles. The average Bonchev–Trinajstić information content (AvgIpc) is 3.31. The van der Waals surface area contributed by atoms with Gasteiger partial charge in [0, 0.05) is 18.0 Å². The number of hydrogen-bond acceptors (Lipinski definition) is 5. The molecule has 0 radical (unpaired) electrons. The van der Waals surface area contributed by atoms with Gasteiger partial charge in [0.2, 0.25) is 11.5 Å². The molecule has 0 atom stereocenters. The normalized spacial score (nSPS) is 18.0. The van der Waals surface area contributed by atoms with Crippen LogP contribution < -0.4 is 11.1 Å². The van der Waals surface area contributed by atoms with Crippen LogP contribution in [0.3, 0.4) is 0 Å². The number of carbonyl (C=O) groups is 1. The van der Waals surface area contributed by atoms with E-state index in [1.54, 1.807) is 12.1 Å². The molecule has 0 spiro atoms. The summed E-state index contributed by atoms with van der Waals surface area (Å²) < 4.78 is 46.3. The zero-order valence-electron chi connectivity index (χ0n) is 16.7. The molecule has 10 heteroatoms. The zero-order valence-corrected chi connectivity index (χ0v) is 16.7. The van der Waals surface area contributed by atoms with Gasteiger partial charge in [0.1, 0.15) is 17.5 Å². The molecule has 4 N–H and O–H groups in total. The number of fused-ring (bicyclic) bond motifs is 1. The Balaban J connectivity index is 1.39. The van der Waals surface area contributed by atoms with Crippen LogP contribution in [0.4, 0.5) is 19.0 Å². The summed E-state index contributed by atoms with van der Waals surface area (Å²) in [6.07, 6.45) is 1.40. The molecule has 0 aliphatic heterocycles. The maximum atomic E-state index is 14.5. The van der Waals surface area contributed by atoms with Crippen molar-refractivity contribution >= 4 is 22.6 Å². The molecule has 1 aliphatic rings. The van der Waals surface area contributed by atoms with Crippen LogP contribution in [0, 0.1) is 23.4 Å². The Labute approximate surface area is 179 Å². The number of amides is 1. The van der Waals surface area contributed by atoms with E-state index in [4.69, 9.17) is 5.73 Å². The second kappa shape index (κ2) is 7.70. The summed E-state index contributed by atoms with van der Waals surface area (Å²) >= 11 is 0. The highest BCUT2D eigenvalue weighted by Gasteiger charge is 2.35. The predicted molar refractivity (Wildman–Crippen MR) is 110 cm³/mol. The van der Waals surface area contributed by atoms with Crippen molar-refractivity contribution in [3.8, 4) is 11.3 Å². The summed E-state index contributed by atoms with van der Waals surface area (Å²) in [4.78, 5) is 15.2. The number of nitrogens with one attached hydrogen (secondary N) is 2. The maximum Gasteiger partial charge on any atom is 0.277 e. The van der Waals surface area contributed by atoms with Crippen molar-refractivity contribution in [1.82, 2.24) is 20.6 Å². The quantitative estimate of drug-likeness (QED) is 0.431. The molecule has 0 saturated heterocycles. The summed E-state index contributed by atoms with van der Waals surface area (Å²) in [6, 6.07) is 8.00. The van der Waals surface area contributed by atoms with Crippen LogP contribution in [-0.2, 0) is 0 Å². The van der Waals surface area contributed by atoms with E-state index in [2.05, 4.69) is 25.2 Å². The molecule has 1 aliphatic carbocycles. The zero-order chi connectivity index (χ0) is 22.4. The van der Waals surface area contributed by atoms with Gasteiger partial charge in [-0.3, -0.25) is 4.79 Å². The van der Waals surface area contributed by atoms with Crippen molar-refractivity contribution in [3.05, 3.63) is 65.1 Å². The van der Waals surface area contributed by atoms with E-state index < -0.39 is 17.5 Å². The van der Waals surface area contributed by atoms with E-state index in [1.165, 1.54) is 18.2 Å². The topological polar surface area (TPSA) is 110 Å². The number of nitrogens with zero attached hydrogens (tertiary/aromatic N) is 2. The Morgan fingerprint density at radius 3 is 2.56 bits per heavy atom. The van der Waals surface area contributed by atoms with Crippen LogP contribution in [0.15, 0.2) is 41.0 Å². The molecule has 7 nitrogen and oxygen atoms in total. The molecule has 5 rings (SSSR count). The Hall–Kier alpha value is -3.82. The molecule has 2 aromatic heterocycles. The number of aromatic nitrogens is 3. The highest BCUT2D eigenvalue weighted by molar-refractivity contribution is 5.96. The Kier molecular flexibility index (Phi) is 4.84. The largest absolute Gasteiger partial charge is 0.379 e. The molecule has 0 unspecified atom stereocenters. The van der Waals surface area contributed by atoms with Crippen LogP contribution in [0.5, 0.6) is 0 Å². The standard InChI is InChI=1S/C22H18F3N5O2/c23-13-3-1-11(2-4-13)18-17(15-7-14(24)8-16(25)19(15)28-18)12-5-10(6-12)9-27-22(31)20-21(26)30-32-29-20/h1-4,7-8,10,12,28H,5-6,9H2,(H2,26,30)(H,27,31). The van der Waals surface area contributed by atoms with Crippen LogP contribution in [0.2, 0.25) is 0 Å². The minimum Gasteiger partial charge on any atom is -0.379 e. The summed E-state index contributed by atoms with van der Waals surface area (Å²) in [6.45, 7) is 0.387. The van der Waals surface area contributed by atoms with Gasteiger partial charge in [0.25, 0.3) is 5.91 Å². The smallest absolute Gasteiger partial charge is 0.277 e. The first-order valence-corrected chi connectivity index (χ1v) is 10.0. The number of carbonyl (C=O) groups excluding carboxylic acids is 1. The van der Waals surface area contributed by atoms with E-state index in [9.17, 15) is 18.0 Å². The van der Waals surface area contributed by atoms with Crippen LogP contribution in [0.25, 0.3) is 22.2 Å². The minimum atomic E-state index is -0.684. The predicted octanol–water partition coefficient (Wildman–Crippen LogP) is 4.14. The third-order valence-electron chi connectivity index (χ3n) is 5.92. The summed E-state index contributed by atoms with van der Waals surface area (Å²) in [7, 11) is 0. The first-order valence-electron chi connectivity index (χ1n) is 10.0. The van der Waals surface area contributed by atoms with Gasteiger partial charge in [-0.2, -0.15) is 0 Å². The van der Waals surface area contributed by atoms with Gasteiger partial charge >= 0.3 is 0 Å². The fourth-order valence-corrected chi connectivity index (χ4v) is 4.32. The number of nitrogens with two attached hydrogens (primary N) is 1. The monoisotopic (exact) mass is 441 g/mol. The summed E-state index contributed by atoms with van der Waals surface area (Å²) in [5.41, 5.74) is 7.78. The molecule has 32 heavy (non-hydrogen) atoms. The molecular weight excluding hydrogens is 423 g/mol. The fourth-order valence-electron chi connectivity index (χ4n) is 4.32. The lowest BCUT2D eigenvalue weighted by molar-refractivity contribution is 0.0926. The lowest BCUT2D eigenvalue weighted by Gasteiger charge is -2.36. The van der Waals surface area contributed by atoms with Gasteiger partial charge in [-0.25, -0.2) is 17.8 Å². The second-order valence-corrected chi connectivity index (χ2v) is 7.97. The molecule has 1 amide bonds.